The average molecular weight is 408 g/mol. The Balaban J connectivity index is 1.51. The zero-order chi connectivity index (χ0) is 21.3. The predicted octanol–water partition coefficient (Wildman–Crippen LogP) is 4.07. The van der Waals surface area contributed by atoms with E-state index in [1.807, 2.05) is 0 Å². The van der Waals surface area contributed by atoms with Gasteiger partial charge in [0.05, 0.1) is 0 Å². The molecule has 0 radical (unpaired) electrons. The van der Waals surface area contributed by atoms with Crippen molar-refractivity contribution in [1.29, 1.82) is 0 Å². The highest BCUT2D eigenvalue weighted by Gasteiger charge is 2.13. The van der Waals surface area contributed by atoms with E-state index >= 15 is 0 Å². The summed E-state index contributed by atoms with van der Waals surface area (Å²) in [6.07, 6.45) is -0.664. The summed E-state index contributed by atoms with van der Waals surface area (Å²) in [5.41, 5.74) is 2.05. The van der Waals surface area contributed by atoms with Gasteiger partial charge in [-0.3, -0.25) is 4.79 Å². The molecule has 0 unspecified atom stereocenters. The molecule has 30 heavy (non-hydrogen) atoms. The summed E-state index contributed by atoms with van der Waals surface area (Å²) in [6, 6.07) is 13.8. The topological polar surface area (TPSA) is 81.9 Å². The first kappa shape index (κ1) is 19.4. The molecule has 1 aliphatic heterocycles. The van der Waals surface area contributed by atoms with Crippen molar-refractivity contribution < 1.29 is 23.1 Å². The Morgan fingerprint density at radius 1 is 1.10 bits per heavy atom. The smallest absolute Gasteiger partial charge is 0.414 e. The number of amides is 1. The van der Waals surface area contributed by atoms with E-state index in [0.717, 1.165) is 0 Å². The number of fused-ring (bicyclic) bond motifs is 2. The Hall–Kier alpha value is -3.94. The standard InChI is InChI=1S/C22H17FN2O5/c1-25(2)22(27)30-19-8-3-13(9-16(19)23)12-28-15-5-7-18-21(11-15)29-20-10-14(26)4-6-17(20)24-18/h3-11H,12H2,1-2H3. The summed E-state index contributed by atoms with van der Waals surface area (Å²) in [4.78, 5) is 28.7. The van der Waals surface area contributed by atoms with E-state index in [9.17, 15) is 14.0 Å². The summed E-state index contributed by atoms with van der Waals surface area (Å²) in [5, 5.41) is 0. The molecule has 0 aromatic heterocycles. The van der Waals surface area contributed by atoms with Gasteiger partial charge >= 0.3 is 6.09 Å². The minimum Gasteiger partial charge on any atom is -0.489 e. The van der Waals surface area contributed by atoms with Crippen LogP contribution in [0.3, 0.4) is 0 Å². The fraction of sp³-hybridized carbons (Fsp3) is 0.136. The summed E-state index contributed by atoms with van der Waals surface area (Å²) in [5.74, 6) is 0.0628. The van der Waals surface area contributed by atoms with Crippen LogP contribution in [0.5, 0.6) is 11.5 Å². The van der Waals surface area contributed by atoms with Crippen LogP contribution in [0.1, 0.15) is 5.56 Å². The van der Waals surface area contributed by atoms with E-state index in [1.165, 1.54) is 43.3 Å². The molecule has 2 aromatic rings. The highest BCUT2D eigenvalue weighted by Crippen LogP contribution is 2.27. The highest BCUT2D eigenvalue weighted by atomic mass is 19.1. The van der Waals surface area contributed by atoms with Crippen LogP contribution in [0.15, 0.2) is 63.8 Å². The predicted molar refractivity (Wildman–Crippen MR) is 107 cm³/mol. The van der Waals surface area contributed by atoms with Gasteiger partial charge in [0.15, 0.2) is 28.3 Å². The highest BCUT2D eigenvalue weighted by molar-refractivity contribution is 5.77. The maximum atomic E-state index is 14.2. The Kier molecular flexibility index (Phi) is 5.05. The first-order valence-electron chi connectivity index (χ1n) is 9.04. The SMILES string of the molecule is CN(C)C(=O)Oc1ccc(COc2ccc3nc4ccc(=O)cc-4oc3c2)cc1F. The van der Waals surface area contributed by atoms with Gasteiger partial charge in [0.2, 0.25) is 0 Å². The van der Waals surface area contributed by atoms with Crippen molar-refractivity contribution in [3.63, 3.8) is 0 Å². The Morgan fingerprint density at radius 3 is 2.70 bits per heavy atom. The Bertz CT molecular complexity index is 1270. The second-order valence-electron chi connectivity index (χ2n) is 6.79. The van der Waals surface area contributed by atoms with E-state index in [2.05, 4.69) is 4.98 Å². The van der Waals surface area contributed by atoms with Crippen molar-refractivity contribution >= 4 is 17.2 Å². The van der Waals surface area contributed by atoms with Crippen LogP contribution in [0, 0.1) is 5.82 Å². The lowest BCUT2D eigenvalue weighted by Crippen LogP contribution is -2.25. The van der Waals surface area contributed by atoms with Crippen molar-refractivity contribution in [2.24, 2.45) is 0 Å². The van der Waals surface area contributed by atoms with Crippen LogP contribution >= 0.6 is 0 Å². The summed E-state index contributed by atoms with van der Waals surface area (Å²) >= 11 is 0. The van der Waals surface area contributed by atoms with Crippen molar-refractivity contribution in [3.8, 4) is 23.0 Å². The van der Waals surface area contributed by atoms with Gasteiger partial charge in [-0.1, -0.05) is 6.07 Å². The number of aromatic nitrogens is 1. The molecule has 0 fully saturated rings. The Morgan fingerprint density at radius 2 is 1.93 bits per heavy atom. The van der Waals surface area contributed by atoms with Gasteiger partial charge in [-0.25, -0.2) is 14.2 Å². The van der Waals surface area contributed by atoms with E-state index in [1.54, 1.807) is 30.3 Å². The van der Waals surface area contributed by atoms with Crippen LogP contribution in [0.4, 0.5) is 9.18 Å². The zero-order valence-electron chi connectivity index (χ0n) is 16.2. The lowest BCUT2D eigenvalue weighted by molar-refractivity contribution is 0.170. The fourth-order valence-corrected chi connectivity index (χ4v) is 2.74. The molecular weight excluding hydrogens is 391 g/mol. The average Bonchev–Trinajstić information content (AvgIpc) is 2.72. The molecule has 1 amide bonds. The number of hydrogen-bond acceptors (Lipinski definition) is 6. The number of carbonyl (C=O) groups is 1. The summed E-state index contributed by atoms with van der Waals surface area (Å²) in [6.45, 7) is 0.0933. The van der Waals surface area contributed by atoms with Crippen molar-refractivity contribution in [2.45, 2.75) is 6.61 Å². The fourth-order valence-electron chi connectivity index (χ4n) is 2.74. The summed E-state index contributed by atoms with van der Waals surface area (Å²) in [7, 11) is 3.02. The maximum Gasteiger partial charge on any atom is 0.414 e. The van der Waals surface area contributed by atoms with Crippen molar-refractivity contribution in [2.75, 3.05) is 14.1 Å². The number of benzene rings is 3. The molecule has 2 aliphatic rings. The minimum absolute atomic E-state index is 0.0933. The van der Waals surface area contributed by atoms with E-state index in [4.69, 9.17) is 13.9 Å². The normalized spacial score (nSPS) is 10.9. The lowest BCUT2D eigenvalue weighted by Gasteiger charge is -2.12. The zero-order valence-corrected chi connectivity index (χ0v) is 16.2. The van der Waals surface area contributed by atoms with Gasteiger partial charge in [0.1, 0.15) is 23.6 Å². The molecule has 2 aromatic carbocycles. The molecule has 0 atom stereocenters. The third-order valence-electron chi connectivity index (χ3n) is 4.29. The molecule has 0 bridgehead atoms. The third-order valence-corrected chi connectivity index (χ3v) is 4.29. The van der Waals surface area contributed by atoms with Gasteiger partial charge in [-0.15, -0.1) is 0 Å². The second kappa shape index (κ2) is 7.82. The molecule has 1 aliphatic carbocycles. The first-order valence-corrected chi connectivity index (χ1v) is 9.04. The molecule has 0 saturated carbocycles. The number of ether oxygens (including phenoxy) is 2. The van der Waals surface area contributed by atoms with Crippen LogP contribution in [0.2, 0.25) is 0 Å². The number of rotatable bonds is 4. The van der Waals surface area contributed by atoms with Gasteiger partial charge in [0.25, 0.3) is 0 Å². The molecule has 0 spiro atoms. The van der Waals surface area contributed by atoms with Crippen molar-refractivity contribution in [3.05, 3.63) is 76.2 Å². The second-order valence-corrected chi connectivity index (χ2v) is 6.79. The molecule has 152 valence electrons. The largest absolute Gasteiger partial charge is 0.489 e. The lowest BCUT2D eigenvalue weighted by atomic mass is 10.2. The van der Waals surface area contributed by atoms with Crippen LogP contribution in [-0.4, -0.2) is 30.1 Å². The number of hydrogen-bond donors (Lipinski definition) is 0. The van der Waals surface area contributed by atoms with Crippen molar-refractivity contribution in [1.82, 2.24) is 9.88 Å². The molecule has 7 nitrogen and oxygen atoms in total. The number of carbonyl (C=O) groups excluding carboxylic acids is 1. The van der Waals surface area contributed by atoms with Gasteiger partial charge < -0.3 is 18.8 Å². The van der Waals surface area contributed by atoms with Gasteiger partial charge in [-0.05, 0) is 42.0 Å². The molecule has 0 N–H and O–H groups in total. The molecule has 4 rings (SSSR count). The quantitative estimate of drug-likeness (QED) is 0.474. The van der Waals surface area contributed by atoms with Gasteiger partial charge in [-0.2, -0.15) is 0 Å². The van der Waals surface area contributed by atoms with Crippen LogP contribution in [-0.2, 0) is 6.61 Å². The van der Waals surface area contributed by atoms with E-state index in [-0.39, 0.29) is 17.8 Å². The van der Waals surface area contributed by atoms with E-state index in [0.29, 0.717) is 33.9 Å². The molecule has 1 heterocycles. The number of nitrogens with zero attached hydrogens (tertiary/aromatic N) is 2. The van der Waals surface area contributed by atoms with Crippen LogP contribution < -0.4 is 14.9 Å². The molecule has 8 heteroatoms. The van der Waals surface area contributed by atoms with E-state index < -0.39 is 11.9 Å². The third kappa shape index (κ3) is 4.07. The molecule has 0 saturated heterocycles. The minimum atomic E-state index is -0.664. The number of halogens is 1. The molecular formula is C22H17FN2O5. The van der Waals surface area contributed by atoms with Gasteiger partial charge in [0, 0.05) is 26.2 Å². The maximum absolute atomic E-state index is 14.2. The monoisotopic (exact) mass is 408 g/mol. The van der Waals surface area contributed by atoms with Crippen LogP contribution in [0.25, 0.3) is 22.6 Å². The Labute approximate surface area is 170 Å². The summed E-state index contributed by atoms with van der Waals surface area (Å²) < 4.78 is 30.6. The first-order chi connectivity index (χ1) is 14.4.